The van der Waals surface area contributed by atoms with E-state index in [9.17, 15) is 0 Å². The zero-order valence-electron chi connectivity index (χ0n) is 7.35. The second-order valence-corrected chi connectivity index (χ2v) is 5.39. The Balaban J connectivity index is 2.05. The highest BCUT2D eigenvalue weighted by Gasteiger charge is 2.04. The van der Waals surface area contributed by atoms with Crippen molar-refractivity contribution in [1.82, 2.24) is 14.3 Å². The molecule has 2 aromatic rings. The Morgan fingerprint density at radius 1 is 1.33 bits per heavy atom. The number of rotatable bonds is 3. The van der Waals surface area contributed by atoms with E-state index in [2.05, 4.69) is 14.3 Å². The number of hydrogen-bond acceptors (Lipinski definition) is 5. The van der Waals surface area contributed by atoms with Crippen LogP contribution in [0, 0.1) is 0 Å². The quantitative estimate of drug-likeness (QED) is 0.636. The third-order valence-electron chi connectivity index (χ3n) is 1.59. The smallest absolute Gasteiger partial charge is 0.170 e. The Morgan fingerprint density at radius 3 is 2.87 bits per heavy atom. The Kier molecular flexibility index (Phi) is 3.80. The lowest BCUT2D eigenvalue weighted by Crippen LogP contribution is -1.85. The summed E-state index contributed by atoms with van der Waals surface area (Å²) >= 11 is 14.6. The molecular formula is C8H5Cl2N3S2. The van der Waals surface area contributed by atoms with E-state index >= 15 is 0 Å². The third kappa shape index (κ3) is 3.04. The first-order valence-electron chi connectivity index (χ1n) is 3.95. The topological polar surface area (TPSA) is 38.7 Å². The van der Waals surface area contributed by atoms with Crippen LogP contribution in [0.2, 0.25) is 10.2 Å². The fourth-order valence-corrected chi connectivity index (χ4v) is 2.85. The Bertz CT molecular complexity index is 447. The highest BCUT2D eigenvalue weighted by molar-refractivity contribution is 8.00. The summed E-state index contributed by atoms with van der Waals surface area (Å²) in [6.45, 7) is 0. The summed E-state index contributed by atoms with van der Waals surface area (Å²) in [6.07, 6.45) is 3.22. The van der Waals surface area contributed by atoms with Crippen LogP contribution in [0.15, 0.2) is 22.9 Å². The Labute approximate surface area is 105 Å². The molecule has 0 fully saturated rings. The number of halogens is 2. The fraction of sp³-hybridized carbons (Fsp3) is 0.125. The molecule has 0 spiro atoms. The lowest BCUT2D eigenvalue weighted by atomic mass is 10.3. The highest BCUT2D eigenvalue weighted by atomic mass is 35.5. The molecule has 0 N–H and O–H groups in total. The van der Waals surface area contributed by atoms with Crippen molar-refractivity contribution >= 4 is 46.5 Å². The second kappa shape index (κ2) is 5.12. The average molecular weight is 278 g/mol. The fourth-order valence-electron chi connectivity index (χ4n) is 0.908. The van der Waals surface area contributed by atoms with Gasteiger partial charge >= 0.3 is 0 Å². The summed E-state index contributed by atoms with van der Waals surface area (Å²) in [6, 6.07) is 1.64. The molecule has 2 aromatic heterocycles. The molecule has 0 bridgehead atoms. The first-order valence-corrected chi connectivity index (χ1v) is 6.46. The molecule has 7 heteroatoms. The van der Waals surface area contributed by atoms with Gasteiger partial charge in [-0.15, -0.1) is 0 Å². The van der Waals surface area contributed by atoms with Crippen LogP contribution in [-0.2, 0) is 5.75 Å². The highest BCUT2D eigenvalue weighted by Crippen LogP contribution is 2.27. The Morgan fingerprint density at radius 2 is 2.20 bits per heavy atom. The van der Waals surface area contributed by atoms with Gasteiger partial charge < -0.3 is 0 Å². The van der Waals surface area contributed by atoms with Crippen LogP contribution in [0.4, 0.5) is 0 Å². The first kappa shape index (κ1) is 11.1. The number of aromatic nitrogens is 3. The van der Waals surface area contributed by atoms with Crippen molar-refractivity contribution < 1.29 is 0 Å². The van der Waals surface area contributed by atoms with Gasteiger partial charge in [-0.1, -0.05) is 35.0 Å². The molecule has 0 aromatic carbocycles. The summed E-state index contributed by atoms with van der Waals surface area (Å²) in [4.78, 5) is 8.03. The van der Waals surface area contributed by atoms with Gasteiger partial charge in [-0.25, -0.2) is 9.97 Å². The predicted molar refractivity (Wildman–Crippen MR) is 63.7 cm³/mol. The number of nitrogens with zero attached hydrogens (tertiary/aromatic N) is 3. The molecule has 2 rings (SSSR count). The van der Waals surface area contributed by atoms with E-state index in [4.69, 9.17) is 23.2 Å². The minimum absolute atomic E-state index is 0.407. The lowest BCUT2D eigenvalue weighted by molar-refractivity contribution is 1.20. The zero-order chi connectivity index (χ0) is 10.7. The Hall–Kier alpha value is -0.360. The normalized spacial score (nSPS) is 10.5. The number of thioether (sulfide) groups is 1. The van der Waals surface area contributed by atoms with E-state index in [1.54, 1.807) is 24.0 Å². The maximum atomic E-state index is 6.00. The minimum Gasteiger partial charge on any atom is -0.244 e. The summed E-state index contributed by atoms with van der Waals surface area (Å²) in [5.74, 6) is 0.720. The zero-order valence-corrected chi connectivity index (χ0v) is 10.5. The lowest BCUT2D eigenvalue weighted by Gasteiger charge is -2.01. The molecule has 0 aliphatic carbocycles. The van der Waals surface area contributed by atoms with Gasteiger partial charge in [-0.2, -0.15) is 4.37 Å². The molecule has 0 saturated carbocycles. The van der Waals surface area contributed by atoms with Crippen LogP contribution < -0.4 is 0 Å². The van der Waals surface area contributed by atoms with E-state index in [1.807, 2.05) is 0 Å². The van der Waals surface area contributed by atoms with Crippen molar-refractivity contribution in [2.24, 2.45) is 0 Å². The van der Waals surface area contributed by atoms with E-state index in [0.29, 0.717) is 10.2 Å². The molecule has 15 heavy (non-hydrogen) atoms. The van der Waals surface area contributed by atoms with E-state index < -0.39 is 0 Å². The van der Waals surface area contributed by atoms with Crippen molar-refractivity contribution in [3.05, 3.63) is 34.3 Å². The van der Waals surface area contributed by atoms with Crippen molar-refractivity contribution in [3.8, 4) is 0 Å². The van der Waals surface area contributed by atoms with Crippen LogP contribution in [0.1, 0.15) is 5.56 Å². The van der Waals surface area contributed by atoms with Crippen molar-refractivity contribution in [3.63, 3.8) is 0 Å². The summed E-state index contributed by atoms with van der Waals surface area (Å²) in [7, 11) is 0. The van der Waals surface area contributed by atoms with Gasteiger partial charge in [0.25, 0.3) is 0 Å². The molecule has 0 atom stereocenters. The standard InChI is InChI=1S/C8H5Cl2N3S2/c9-6-1-7(10)11-2-5(6)3-14-8-12-4-13-15-8/h1-2,4H,3H2. The van der Waals surface area contributed by atoms with Gasteiger partial charge in [0.05, 0.1) is 0 Å². The van der Waals surface area contributed by atoms with Gasteiger partial charge in [0.1, 0.15) is 11.5 Å². The maximum absolute atomic E-state index is 6.00. The molecule has 0 amide bonds. The average Bonchev–Trinajstić information content (AvgIpc) is 2.69. The first-order chi connectivity index (χ1) is 7.25. The molecule has 0 unspecified atom stereocenters. The molecule has 0 saturated heterocycles. The van der Waals surface area contributed by atoms with Gasteiger partial charge in [0.2, 0.25) is 0 Å². The van der Waals surface area contributed by atoms with E-state index in [1.165, 1.54) is 17.9 Å². The summed E-state index contributed by atoms with van der Waals surface area (Å²) in [5.41, 5.74) is 0.946. The summed E-state index contributed by atoms with van der Waals surface area (Å²) in [5, 5.41) is 1.04. The maximum Gasteiger partial charge on any atom is 0.170 e. The van der Waals surface area contributed by atoms with E-state index in [0.717, 1.165) is 15.7 Å². The van der Waals surface area contributed by atoms with Crippen LogP contribution in [0.5, 0.6) is 0 Å². The molecule has 0 radical (unpaired) electrons. The number of hydrogen-bond donors (Lipinski definition) is 0. The monoisotopic (exact) mass is 277 g/mol. The molecule has 3 nitrogen and oxygen atoms in total. The third-order valence-corrected chi connectivity index (χ3v) is 3.99. The van der Waals surface area contributed by atoms with Crippen molar-refractivity contribution in [2.45, 2.75) is 10.1 Å². The van der Waals surface area contributed by atoms with Gasteiger partial charge in [-0.05, 0) is 23.2 Å². The van der Waals surface area contributed by atoms with Crippen LogP contribution in [0.3, 0.4) is 0 Å². The van der Waals surface area contributed by atoms with Crippen LogP contribution in [0.25, 0.3) is 0 Å². The summed E-state index contributed by atoms with van der Waals surface area (Å²) < 4.78 is 4.83. The van der Waals surface area contributed by atoms with Crippen LogP contribution in [-0.4, -0.2) is 14.3 Å². The second-order valence-electron chi connectivity index (χ2n) is 2.59. The van der Waals surface area contributed by atoms with E-state index in [-0.39, 0.29) is 0 Å². The van der Waals surface area contributed by atoms with Crippen molar-refractivity contribution in [1.29, 1.82) is 0 Å². The molecule has 0 aliphatic rings. The van der Waals surface area contributed by atoms with Gasteiger partial charge in [0.15, 0.2) is 4.34 Å². The van der Waals surface area contributed by atoms with Gasteiger partial charge in [-0.3, -0.25) is 0 Å². The molecule has 78 valence electrons. The number of pyridine rings is 1. The minimum atomic E-state index is 0.407. The molecular weight excluding hydrogens is 273 g/mol. The van der Waals surface area contributed by atoms with Gasteiger partial charge in [0, 0.05) is 17.0 Å². The largest absolute Gasteiger partial charge is 0.244 e. The van der Waals surface area contributed by atoms with Crippen molar-refractivity contribution in [2.75, 3.05) is 0 Å². The predicted octanol–water partition coefficient (Wildman–Crippen LogP) is 3.53. The SMILES string of the molecule is Clc1cc(Cl)c(CSc2ncns2)cn1. The van der Waals surface area contributed by atoms with Crippen LogP contribution >= 0.6 is 46.5 Å². The molecule has 0 aliphatic heterocycles. The molecule has 2 heterocycles.